The van der Waals surface area contributed by atoms with Crippen molar-refractivity contribution in [1.29, 1.82) is 0 Å². The van der Waals surface area contributed by atoms with E-state index in [0.29, 0.717) is 0 Å². The molecule has 1 aliphatic rings. The summed E-state index contributed by atoms with van der Waals surface area (Å²) in [6.45, 7) is 3.04. The summed E-state index contributed by atoms with van der Waals surface area (Å²) < 4.78 is 5.23. The summed E-state index contributed by atoms with van der Waals surface area (Å²) in [6, 6.07) is 0. The lowest BCUT2D eigenvalue weighted by atomic mass is 9.97. The minimum atomic E-state index is 0.913. The average Bonchev–Trinajstić information content (AvgIpc) is 1.91. The van der Waals surface area contributed by atoms with Crippen LogP contribution in [0.3, 0.4) is 0 Å². The van der Waals surface area contributed by atoms with Gasteiger partial charge in [0, 0.05) is 13.2 Å². The Labute approximate surface area is 56.4 Å². The summed E-state index contributed by atoms with van der Waals surface area (Å²) >= 11 is 0. The predicted molar refractivity (Wildman–Crippen MR) is 35.9 cm³/mol. The molecule has 2 nitrogen and oxygen atoms in total. The van der Waals surface area contributed by atoms with Crippen molar-refractivity contribution < 1.29 is 10.5 Å². The van der Waals surface area contributed by atoms with Crippen LogP contribution in [0.25, 0.3) is 0 Å². The molecule has 1 fully saturated rings. The highest BCUT2D eigenvalue weighted by Gasteiger charge is 2.12. The van der Waals surface area contributed by atoms with Crippen molar-refractivity contribution in [2.45, 2.75) is 19.3 Å². The Hall–Kier alpha value is -0.0800. The minimum Gasteiger partial charge on any atom is -0.381 e. The summed E-state index contributed by atoms with van der Waals surface area (Å²) in [4.78, 5) is 0. The molecule has 1 saturated heterocycles. The van der Waals surface area contributed by atoms with E-state index in [1.165, 1.54) is 19.3 Å². The molecule has 2 heteroatoms. The van der Waals surface area contributed by atoms with Crippen molar-refractivity contribution in [3.63, 3.8) is 0 Å². The molecule has 0 aliphatic carbocycles. The van der Waals surface area contributed by atoms with Gasteiger partial charge >= 0.3 is 0 Å². The van der Waals surface area contributed by atoms with Gasteiger partial charge in [-0.05, 0) is 25.2 Å². The molecule has 1 rings (SSSR count). The maximum absolute atomic E-state index is 5.23. The molecule has 1 heterocycles. The van der Waals surface area contributed by atoms with E-state index in [1.807, 2.05) is 0 Å². The zero-order valence-electron chi connectivity index (χ0n) is 5.94. The third kappa shape index (κ3) is 2.33. The van der Waals surface area contributed by atoms with Crippen LogP contribution in [0.1, 0.15) is 19.3 Å². The smallest absolute Gasteiger partial charge is 0.0742 e. The molecule has 0 spiro atoms. The van der Waals surface area contributed by atoms with E-state index in [4.69, 9.17) is 4.74 Å². The van der Waals surface area contributed by atoms with E-state index in [2.05, 4.69) is 5.73 Å². The van der Waals surface area contributed by atoms with Crippen LogP contribution in [-0.4, -0.2) is 19.8 Å². The van der Waals surface area contributed by atoms with Crippen LogP contribution in [0.15, 0.2) is 0 Å². The first-order chi connectivity index (χ1) is 4.43. The van der Waals surface area contributed by atoms with Crippen LogP contribution < -0.4 is 5.73 Å². The van der Waals surface area contributed by atoms with Crippen LogP contribution in [0.5, 0.6) is 0 Å². The normalized spacial score (nSPS) is 22.3. The topological polar surface area (TPSA) is 36.9 Å². The second kappa shape index (κ2) is 3.85. The molecule has 0 amide bonds. The van der Waals surface area contributed by atoms with Crippen LogP contribution in [0.4, 0.5) is 0 Å². The second-order valence-corrected chi connectivity index (χ2v) is 2.70. The molecule has 0 unspecified atom stereocenters. The maximum Gasteiger partial charge on any atom is 0.0742 e. The third-order valence-corrected chi connectivity index (χ3v) is 1.95. The zero-order valence-corrected chi connectivity index (χ0v) is 5.94. The Morgan fingerprint density at radius 3 is 2.56 bits per heavy atom. The number of hydrogen-bond acceptors (Lipinski definition) is 1. The molecule has 1 aliphatic heterocycles. The summed E-state index contributed by atoms with van der Waals surface area (Å²) in [5.74, 6) is 0.913. The van der Waals surface area contributed by atoms with E-state index in [9.17, 15) is 0 Å². The van der Waals surface area contributed by atoms with Gasteiger partial charge in [-0.15, -0.1) is 0 Å². The van der Waals surface area contributed by atoms with E-state index in [1.54, 1.807) is 0 Å². The Morgan fingerprint density at radius 2 is 2.00 bits per heavy atom. The van der Waals surface area contributed by atoms with Gasteiger partial charge < -0.3 is 10.5 Å². The van der Waals surface area contributed by atoms with Crippen LogP contribution in [0.2, 0.25) is 0 Å². The Balaban J connectivity index is 2.08. The van der Waals surface area contributed by atoms with Crippen molar-refractivity contribution in [2.75, 3.05) is 19.8 Å². The molecule has 0 aromatic carbocycles. The second-order valence-electron chi connectivity index (χ2n) is 2.70. The fourth-order valence-electron chi connectivity index (χ4n) is 1.32. The van der Waals surface area contributed by atoms with Crippen molar-refractivity contribution >= 4 is 0 Å². The number of rotatable bonds is 2. The summed E-state index contributed by atoms with van der Waals surface area (Å²) in [5, 5.41) is 0. The number of quaternary nitrogens is 1. The SMILES string of the molecule is [NH3+]CCC1CCOCC1. The zero-order chi connectivity index (χ0) is 6.53. The van der Waals surface area contributed by atoms with Crippen molar-refractivity contribution in [3.8, 4) is 0 Å². The van der Waals surface area contributed by atoms with Gasteiger partial charge in [0.25, 0.3) is 0 Å². The largest absolute Gasteiger partial charge is 0.381 e. The first-order valence-corrected chi connectivity index (χ1v) is 3.80. The molecular weight excluding hydrogens is 114 g/mol. The highest BCUT2D eigenvalue weighted by atomic mass is 16.5. The van der Waals surface area contributed by atoms with Crippen LogP contribution in [-0.2, 0) is 4.74 Å². The van der Waals surface area contributed by atoms with E-state index >= 15 is 0 Å². The van der Waals surface area contributed by atoms with Gasteiger partial charge in [-0.25, -0.2) is 0 Å². The monoisotopic (exact) mass is 130 g/mol. The van der Waals surface area contributed by atoms with Gasteiger partial charge in [0.2, 0.25) is 0 Å². The maximum atomic E-state index is 5.23. The molecule has 0 aromatic rings. The van der Waals surface area contributed by atoms with E-state index in [0.717, 1.165) is 25.7 Å². The van der Waals surface area contributed by atoms with Gasteiger partial charge in [-0.3, -0.25) is 0 Å². The highest BCUT2D eigenvalue weighted by Crippen LogP contribution is 2.16. The number of ether oxygens (including phenoxy) is 1. The average molecular weight is 130 g/mol. The van der Waals surface area contributed by atoms with Gasteiger partial charge in [-0.2, -0.15) is 0 Å². The van der Waals surface area contributed by atoms with Crippen molar-refractivity contribution in [1.82, 2.24) is 0 Å². The van der Waals surface area contributed by atoms with Gasteiger partial charge in [0.15, 0.2) is 0 Å². The van der Waals surface area contributed by atoms with Crippen LogP contribution >= 0.6 is 0 Å². The molecule has 0 bridgehead atoms. The minimum absolute atomic E-state index is 0.913. The summed E-state index contributed by atoms with van der Waals surface area (Å²) in [7, 11) is 0. The van der Waals surface area contributed by atoms with Crippen LogP contribution in [0, 0.1) is 5.92 Å². The lowest BCUT2D eigenvalue weighted by molar-refractivity contribution is -0.370. The molecule has 0 saturated carbocycles. The lowest BCUT2D eigenvalue weighted by Gasteiger charge is -2.20. The lowest BCUT2D eigenvalue weighted by Crippen LogP contribution is -2.51. The Kier molecular flexibility index (Phi) is 3.01. The Morgan fingerprint density at radius 1 is 1.33 bits per heavy atom. The van der Waals surface area contributed by atoms with Crippen molar-refractivity contribution in [3.05, 3.63) is 0 Å². The van der Waals surface area contributed by atoms with Gasteiger partial charge in [-0.1, -0.05) is 0 Å². The van der Waals surface area contributed by atoms with E-state index in [-0.39, 0.29) is 0 Å². The molecule has 9 heavy (non-hydrogen) atoms. The fraction of sp³-hybridized carbons (Fsp3) is 1.00. The van der Waals surface area contributed by atoms with Gasteiger partial charge in [0.05, 0.1) is 6.54 Å². The quantitative estimate of drug-likeness (QED) is 0.563. The number of hydrogen-bond donors (Lipinski definition) is 1. The Bertz CT molecular complexity index is 66.6. The third-order valence-electron chi connectivity index (χ3n) is 1.95. The van der Waals surface area contributed by atoms with Crippen molar-refractivity contribution in [2.24, 2.45) is 5.92 Å². The highest BCUT2D eigenvalue weighted by molar-refractivity contribution is 4.61. The molecule has 54 valence electrons. The molecule has 0 radical (unpaired) electrons. The molecule has 3 N–H and O–H groups in total. The predicted octanol–water partition coefficient (Wildman–Crippen LogP) is 0.0450. The molecule has 0 atom stereocenters. The first kappa shape index (κ1) is 7.03. The van der Waals surface area contributed by atoms with E-state index < -0.39 is 0 Å². The first-order valence-electron chi connectivity index (χ1n) is 3.80. The standard InChI is InChI=1S/C7H15NO/c8-4-1-7-2-5-9-6-3-7/h7H,1-6,8H2/p+1. The van der Waals surface area contributed by atoms with Gasteiger partial charge in [0.1, 0.15) is 0 Å². The molecule has 0 aromatic heterocycles. The summed E-state index contributed by atoms with van der Waals surface area (Å²) in [5.41, 5.74) is 3.84. The summed E-state index contributed by atoms with van der Waals surface area (Å²) in [6.07, 6.45) is 3.81. The molecular formula is C7H16NO+. The fourth-order valence-corrected chi connectivity index (χ4v) is 1.32.